The summed E-state index contributed by atoms with van der Waals surface area (Å²) in [5.41, 5.74) is -0.0774. The number of ether oxygens (including phenoxy) is 6. The number of aliphatic hydroxyl groups is 12. The zero-order valence-corrected chi connectivity index (χ0v) is 39.4. The maximum Gasteiger partial charge on any atom is 0.187 e. The fraction of sp³-hybridized carbons (Fsp3) is 0.917. The summed E-state index contributed by atoms with van der Waals surface area (Å²) in [6, 6.07) is 0. The molecule has 0 radical (unpaired) electrons. The van der Waals surface area contributed by atoms with Crippen LogP contribution in [0.1, 0.15) is 99.8 Å². The molecule has 0 aromatic rings. The van der Waals surface area contributed by atoms with Crippen LogP contribution in [0.3, 0.4) is 0 Å². The fourth-order valence-electron chi connectivity index (χ4n) is 14.4. The number of fused-ring (bicyclic) bond motifs is 6. The minimum Gasteiger partial charge on any atom is -0.396 e. The van der Waals surface area contributed by atoms with Gasteiger partial charge in [-0.3, -0.25) is 0 Å². The Kier molecular flexibility index (Phi) is 14.0. The maximum absolute atomic E-state index is 12.1. The lowest BCUT2D eigenvalue weighted by Crippen LogP contribution is -2.67. The standard InChI is InChI=1S/C48H78O18/c1-22-31(53)33(55)37(59)41(62-22)66-39-26(19-61-40-36(58)34(56)32(54)25(18-49)63-40)64-42(38(60)35(39)57)65-30-11-12-44(4)27(45(30,5)20-50)10-13-46(6)28(44)9-8-23-24-16-43(2,3)14-15-48(24,21-51)29(52)17-47(23,46)7/h8-9,22,25-42,49-60H,10-21H2,1-7H3/t22-,25+,26+,27+,28+,29+,30-,31-,32+,33+,34-,35+,36+,37+,38+,39+,40+,41-,42-,44-,45-,46+,47+,48+/m0/s1. The second-order valence-electron chi connectivity index (χ2n) is 23.1. The highest BCUT2D eigenvalue weighted by Crippen LogP contribution is 2.74. The van der Waals surface area contributed by atoms with Crippen LogP contribution in [0.5, 0.6) is 0 Å². The summed E-state index contributed by atoms with van der Waals surface area (Å²) in [5.74, 6) is -0.0380. The van der Waals surface area contributed by atoms with Crippen LogP contribution in [-0.4, -0.2) is 192 Å². The number of aliphatic hydroxyl groups excluding tert-OH is 12. The molecule has 0 spiro atoms. The van der Waals surface area contributed by atoms with Crippen molar-refractivity contribution in [2.24, 2.45) is 44.3 Å². The van der Waals surface area contributed by atoms with Gasteiger partial charge in [0.2, 0.25) is 0 Å². The third-order valence-electron chi connectivity index (χ3n) is 18.9. The number of rotatable bonds is 10. The van der Waals surface area contributed by atoms with Gasteiger partial charge in [-0.2, -0.15) is 0 Å². The Balaban J connectivity index is 1.06. The molecule has 18 nitrogen and oxygen atoms in total. The minimum absolute atomic E-state index is 0.0333. The van der Waals surface area contributed by atoms with E-state index in [-0.39, 0.29) is 46.7 Å². The summed E-state index contributed by atoms with van der Waals surface area (Å²) in [6.07, 6.45) is -14.9. The Hall–Kier alpha value is -1.24. The highest BCUT2D eigenvalue weighted by atomic mass is 16.8. The molecule has 3 saturated carbocycles. The molecular formula is C48H78O18. The summed E-state index contributed by atoms with van der Waals surface area (Å²) in [6.45, 7) is 13.3. The summed E-state index contributed by atoms with van der Waals surface area (Å²) in [5, 5.41) is 131. The van der Waals surface area contributed by atoms with Crippen LogP contribution in [0.25, 0.3) is 0 Å². The Labute approximate surface area is 387 Å². The minimum atomic E-state index is -1.81. The Morgan fingerprint density at radius 2 is 1.29 bits per heavy atom. The van der Waals surface area contributed by atoms with Crippen LogP contribution in [-0.2, 0) is 28.4 Å². The molecule has 3 aliphatic heterocycles. The van der Waals surface area contributed by atoms with Gasteiger partial charge in [0.1, 0.15) is 67.1 Å². The van der Waals surface area contributed by atoms with Crippen molar-refractivity contribution in [3.8, 4) is 0 Å². The van der Waals surface area contributed by atoms with E-state index >= 15 is 0 Å². The second kappa shape index (κ2) is 18.1. The third-order valence-corrected chi connectivity index (χ3v) is 18.9. The molecule has 6 fully saturated rings. The zero-order chi connectivity index (χ0) is 48.3. The molecule has 3 heterocycles. The van der Waals surface area contributed by atoms with E-state index in [0.29, 0.717) is 19.3 Å². The average Bonchev–Trinajstić information content (AvgIpc) is 3.27. The lowest BCUT2D eigenvalue weighted by molar-refractivity contribution is -0.374. The molecule has 0 aromatic carbocycles. The first-order valence-electron chi connectivity index (χ1n) is 24.1. The van der Waals surface area contributed by atoms with Gasteiger partial charge in [-0.15, -0.1) is 0 Å². The van der Waals surface area contributed by atoms with Crippen molar-refractivity contribution in [1.29, 1.82) is 0 Å². The summed E-state index contributed by atoms with van der Waals surface area (Å²) in [4.78, 5) is 0. The number of hydrogen-bond donors (Lipinski definition) is 12. The van der Waals surface area contributed by atoms with Crippen molar-refractivity contribution in [2.75, 3.05) is 26.4 Å². The second-order valence-corrected chi connectivity index (χ2v) is 23.1. The molecular weight excluding hydrogens is 865 g/mol. The van der Waals surface area contributed by atoms with Gasteiger partial charge < -0.3 is 89.7 Å². The van der Waals surface area contributed by atoms with E-state index in [1.54, 1.807) is 0 Å². The SMILES string of the molecule is C[C@@H]1O[C@@H](O[C@H]2[C@H](O)[C@@H](O)[C@H](O[C@H]3CC[C@@]4(C)[C@@H](CC[C@]5(C)[C@@H]4C=CC4=C6CC(C)(C)CC[C@]6(CO)[C@H](O)C[C@]45C)[C@]3(C)CO)O[C@@H]2CO[C@@H]2O[C@H](CO)[C@@H](O)[C@H](O)[C@H]2O)[C@H](O)[C@H](O)[C@H]1O. The molecule has 8 rings (SSSR count). The van der Waals surface area contributed by atoms with E-state index in [9.17, 15) is 61.3 Å². The topological polar surface area (TPSA) is 298 Å². The zero-order valence-electron chi connectivity index (χ0n) is 39.4. The first kappa shape index (κ1) is 51.1. The van der Waals surface area contributed by atoms with Crippen molar-refractivity contribution in [3.05, 3.63) is 23.3 Å². The predicted molar refractivity (Wildman–Crippen MR) is 231 cm³/mol. The van der Waals surface area contributed by atoms with E-state index in [2.05, 4.69) is 46.8 Å². The molecule has 378 valence electrons. The average molecular weight is 943 g/mol. The van der Waals surface area contributed by atoms with Gasteiger partial charge in [-0.25, -0.2) is 0 Å². The van der Waals surface area contributed by atoms with E-state index in [1.807, 2.05) is 6.92 Å². The largest absolute Gasteiger partial charge is 0.396 e. The maximum atomic E-state index is 12.1. The Morgan fingerprint density at radius 1 is 0.652 bits per heavy atom. The van der Waals surface area contributed by atoms with Crippen molar-refractivity contribution in [2.45, 2.75) is 204 Å². The van der Waals surface area contributed by atoms with Gasteiger partial charge in [0, 0.05) is 16.2 Å². The molecule has 66 heavy (non-hydrogen) atoms. The molecule has 18 heteroatoms. The van der Waals surface area contributed by atoms with Gasteiger partial charge in [-0.1, -0.05) is 59.3 Å². The quantitative estimate of drug-likeness (QED) is 0.123. The van der Waals surface area contributed by atoms with Crippen molar-refractivity contribution in [3.63, 3.8) is 0 Å². The third kappa shape index (κ3) is 7.84. The monoisotopic (exact) mass is 943 g/mol. The van der Waals surface area contributed by atoms with Crippen LogP contribution in [0.2, 0.25) is 0 Å². The van der Waals surface area contributed by atoms with Crippen molar-refractivity contribution in [1.82, 2.24) is 0 Å². The van der Waals surface area contributed by atoms with Gasteiger partial charge in [0.25, 0.3) is 0 Å². The highest BCUT2D eigenvalue weighted by molar-refractivity contribution is 5.47. The van der Waals surface area contributed by atoms with Gasteiger partial charge in [0.15, 0.2) is 18.9 Å². The van der Waals surface area contributed by atoms with Gasteiger partial charge in [0.05, 0.1) is 44.7 Å². The molecule has 0 amide bonds. The molecule has 0 bridgehead atoms. The van der Waals surface area contributed by atoms with E-state index in [4.69, 9.17) is 28.4 Å². The lowest BCUT2D eigenvalue weighted by atomic mass is 9.35. The molecule has 12 N–H and O–H groups in total. The van der Waals surface area contributed by atoms with E-state index in [0.717, 1.165) is 32.1 Å². The number of hydrogen-bond acceptors (Lipinski definition) is 18. The normalized spacial score (nSPS) is 54.8. The predicted octanol–water partition coefficient (Wildman–Crippen LogP) is -0.495. The first-order chi connectivity index (χ1) is 30.9. The van der Waals surface area contributed by atoms with E-state index in [1.165, 1.54) is 18.1 Å². The van der Waals surface area contributed by atoms with Gasteiger partial charge >= 0.3 is 0 Å². The molecule has 5 aliphatic carbocycles. The highest BCUT2D eigenvalue weighted by Gasteiger charge is 2.69. The first-order valence-corrected chi connectivity index (χ1v) is 24.1. The smallest absolute Gasteiger partial charge is 0.187 e. The molecule has 0 unspecified atom stereocenters. The van der Waals surface area contributed by atoms with E-state index < -0.39 is 128 Å². The molecule has 3 saturated heterocycles. The molecule has 8 aliphatic rings. The molecule has 24 atom stereocenters. The van der Waals surface area contributed by atoms with Crippen LogP contribution >= 0.6 is 0 Å². The van der Waals surface area contributed by atoms with Crippen molar-refractivity contribution >= 4 is 0 Å². The Bertz CT molecular complexity index is 1810. The summed E-state index contributed by atoms with van der Waals surface area (Å²) < 4.78 is 36.1. The fourth-order valence-corrected chi connectivity index (χ4v) is 14.4. The van der Waals surface area contributed by atoms with Crippen molar-refractivity contribution < 1.29 is 89.7 Å². The summed E-state index contributed by atoms with van der Waals surface area (Å²) in [7, 11) is 0. The van der Waals surface area contributed by atoms with Crippen LogP contribution in [0, 0.1) is 44.3 Å². The Morgan fingerprint density at radius 3 is 1.95 bits per heavy atom. The lowest BCUT2D eigenvalue weighted by Gasteiger charge is -2.70. The van der Waals surface area contributed by atoms with Crippen LogP contribution < -0.4 is 0 Å². The summed E-state index contributed by atoms with van der Waals surface area (Å²) >= 11 is 0. The number of allylic oxidation sites excluding steroid dienone is 3. The van der Waals surface area contributed by atoms with Crippen LogP contribution in [0.15, 0.2) is 23.3 Å². The van der Waals surface area contributed by atoms with Gasteiger partial charge in [-0.05, 0) is 91.9 Å². The molecule has 0 aromatic heterocycles. The van der Waals surface area contributed by atoms with Crippen LogP contribution in [0.4, 0.5) is 0 Å².